The van der Waals surface area contributed by atoms with E-state index in [1.165, 1.54) is 12.4 Å². The standard InChI is InChI=1S/C20H23F3N4O2/c1-10-11(2)24-9-16(17(10)12(3)29-4)27-19(28)26-14-7-15(20(21,22)23)18(25-8-14)13-5-6-13/h7-9,12-13H,5-6H2,1-4H3,(H2,26,27,28)/t12-/m0/s1. The first kappa shape index (κ1) is 21.0. The van der Waals surface area contributed by atoms with Gasteiger partial charge in [0.15, 0.2) is 0 Å². The Bertz CT molecular complexity index is 927. The zero-order valence-electron chi connectivity index (χ0n) is 16.6. The number of alkyl halides is 3. The van der Waals surface area contributed by atoms with Crippen LogP contribution in [0.2, 0.25) is 0 Å². The van der Waals surface area contributed by atoms with Crippen molar-refractivity contribution in [3.8, 4) is 0 Å². The van der Waals surface area contributed by atoms with Crippen LogP contribution in [0, 0.1) is 13.8 Å². The average Bonchev–Trinajstić information content (AvgIpc) is 3.49. The molecule has 6 nitrogen and oxygen atoms in total. The fourth-order valence-electron chi connectivity index (χ4n) is 3.20. The maximum absolute atomic E-state index is 13.4. The lowest BCUT2D eigenvalue weighted by molar-refractivity contribution is -0.138. The molecule has 2 amide bonds. The first-order chi connectivity index (χ1) is 13.6. The molecule has 0 saturated heterocycles. The number of pyridine rings is 2. The van der Waals surface area contributed by atoms with Crippen molar-refractivity contribution < 1.29 is 22.7 Å². The molecule has 0 unspecified atom stereocenters. The van der Waals surface area contributed by atoms with Gasteiger partial charge in [-0.05, 0) is 45.2 Å². The first-order valence-electron chi connectivity index (χ1n) is 9.25. The van der Waals surface area contributed by atoms with Crippen molar-refractivity contribution in [1.29, 1.82) is 0 Å². The average molecular weight is 408 g/mol. The maximum atomic E-state index is 13.4. The van der Waals surface area contributed by atoms with Crippen LogP contribution in [-0.4, -0.2) is 23.1 Å². The van der Waals surface area contributed by atoms with Gasteiger partial charge in [0.2, 0.25) is 0 Å². The summed E-state index contributed by atoms with van der Waals surface area (Å²) in [6.07, 6.45) is -0.684. The number of nitrogens with one attached hydrogen (secondary N) is 2. The van der Waals surface area contributed by atoms with Crippen LogP contribution in [0.15, 0.2) is 18.5 Å². The second kappa shape index (κ2) is 7.98. The van der Waals surface area contributed by atoms with Gasteiger partial charge in [0, 0.05) is 24.3 Å². The predicted molar refractivity (Wildman–Crippen MR) is 103 cm³/mol. The number of ether oxygens (including phenoxy) is 1. The third kappa shape index (κ3) is 4.67. The third-order valence-electron chi connectivity index (χ3n) is 5.08. The summed E-state index contributed by atoms with van der Waals surface area (Å²) >= 11 is 0. The summed E-state index contributed by atoms with van der Waals surface area (Å²) in [4.78, 5) is 20.6. The highest BCUT2D eigenvalue weighted by Crippen LogP contribution is 2.45. The van der Waals surface area contributed by atoms with Crippen LogP contribution >= 0.6 is 0 Å². The molecule has 1 aliphatic carbocycles. The van der Waals surface area contributed by atoms with Gasteiger partial charge in [0.05, 0.1) is 41.1 Å². The zero-order chi connectivity index (χ0) is 21.3. The van der Waals surface area contributed by atoms with Crippen LogP contribution in [0.1, 0.15) is 59.9 Å². The molecule has 2 heterocycles. The topological polar surface area (TPSA) is 76.1 Å². The van der Waals surface area contributed by atoms with Crippen molar-refractivity contribution in [2.75, 3.05) is 17.7 Å². The number of anilines is 2. The lowest BCUT2D eigenvalue weighted by atomic mass is 10.0. The van der Waals surface area contributed by atoms with E-state index in [9.17, 15) is 18.0 Å². The SMILES string of the molecule is CO[C@@H](C)c1c(NC(=O)Nc2cnc(C3CC3)c(C(F)(F)F)c2)cnc(C)c1C. The summed E-state index contributed by atoms with van der Waals surface area (Å²) < 4.78 is 45.5. The number of carbonyl (C=O) groups excluding carboxylic acids is 1. The number of urea groups is 1. The van der Waals surface area contributed by atoms with Crippen molar-refractivity contribution in [1.82, 2.24) is 9.97 Å². The Morgan fingerprint density at radius 3 is 2.48 bits per heavy atom. The number of hydrogen-bond acceptors (Lipinski definition) is 4. The Hall–Kier alpha value is -2.68. The summed E-state index contributed by atoms with van der Waals surface area (Å²) in [5.41, 5.74) is 2.05. The molecule has 1 atom stereocenters. The van der Waals surface area contributed by atoms with Crippen molar-refractivity contribution in [2.45, 2.75) is 51.8 Å². The highest BCUT2D eigenvalue weighted by molar-refractivity contribution is 6.00. The summed E-state index contributed by atoms with van der Waals surface area (Å²) in [7, 11) is 1.55. The van der Waals surface area contributed by atoms with E-state index < -0.39 is 17.8 Å². The molecule has 0 aliphatic heterocycles. The quantitative estimate of drug-likeness (QED) is 0.700. The van der Waals surface area contributed by atoms with Crippen LogP contribution < -0.4 is 10.6 Å². The first-order valence-corrected chi connectivity index (χ1v) is 9.25. The minimum Gasteiger partial charge on any atom is -0.377 e. The normalized spacial score (nSPS) is 15.1. The van der Waals surface area contributed by atoms with Crippen LogP contribution in [0.3, 0.4) is 0 Å². The fraction of sp³-hybridized carbons (Fsp3) is 0.450. The molecule has 0 radical (unpaired) electrons. The maximum Gasteiger partial charge on any atom is 0.418 e. The molecular formula is C20H23F3N4O2. The van der Waals surface area contributed by atoms with Gasteiger partial charge in [-0.1, -0.05) is 0 Å². The number of rotatable bonds is 5. The van der Waals surface area contributed by atoms with Gasteiger partial charge in [-0.3, -0.25) is 9.97 Å². The summed E-state index contributed by atoms with van der Waals surface area (Å²) in [5, 5.41) is 5.08. The molecule has 2 N–H and O–H groups in total. The zero-order valence-corrected chi connectivity index (χ0v) is 16.6. The Kier molecular flexibility index (Phi) is 5.79. The van der Waals surface area contributed by atoms with E-state index in [4.69, 9.17) is 4.74 Å². The molecule has 2 aromatic rings. The number of methoxy groups -OCH3 is 1. The Balaban J connectivity index is 1.82. The van der Waals surface area contributed by atoms with Crippen LogP contribution in [0.4, 0.5) is 29.3 Å². The minimum atomic E-state index is -4.53. The Morgan fingerprint density at radius 1 is 1.21 bits per heavy atom. The van der Waals surface area contributed by atoms with Gasteiger partial charge in [-0.25, -0.2) is 4.79 Å². The van der Waals surface area contributed by atoms with Gasteiger partial charge in [0.25, 0.3) is 0 Å². The highest BCUT2D eigenvalue weighted by atomic mass is 19.4. The molecule has 1 aliphatic rings. The summed E-state index contributed by atoms with van der Waals surface area (Å²) in [6.45, 7) is 5.55. The smallest absolute Gasteiger partial charge is 0.377 e. The summed E-state index contributed by atoms with van der Waals surface area (Å²) in [5.74, 6) is -0.158. The van der Waals surface area contributed by atoms with Gasteiger partial charge in [-0.2, -0.15) is 13.2 Å². The lowest BCUT2D eigenvalue weighted by Gasteiger charge is -2.20. The van der Waals surface area contributed by atoms with E-state index in [2.05, 4.69) is 20.6 Å². The number of amides is 2. The van der Waals surface area contributed by atoms with Crippen LogP contribution in [0.5, 0.6) is 0 Å². The van der Waals surface area contributed by atoms with Gasteiger partial charge < -0.3 is 15.4 Å². The van der Waals surface area contributed by atoms with Crippen molar-refractivity contribution in [2.24, 2.45) is 0 Å². The Labute approximate surface area is 166 Å². The molecule has 9 heteroatoms. The van der Waals surface area contributed by atoms with E-state index in [-0.39, 0.29) is 23.4 Å². The third-order valence-corrected chi connectivity index (χ3v) is 5.08. The minimum absolute atomic E-state index is 0.0302. The second-order valence-electron chi connectivity index (χ2n) is 7.18. The molecule has 0 spiro atoms. The number of aryl methyl sites for hydroxylation is 1. The number of carbonyl (C=O) groups is 1. The molecule has 0 bridgehead atoms. The van der Waals surface area contributed by atoms with E-state index >= 15 is 0 Å². The van der Waals surface area contributed by atoms with Crippen LogP contribution in [0.25, 0.3) is 0 Å². The van der Waals surface area contributed by atoms with Crippen LogP contribution in [-0.2, 0) is 10.9 Å². The molecule has 2 aromatic heterocycles. The number of nitrogens with zero attached hydrogens (tertiary/aromatic N) is 2. The van der Waals surface area contributed by atoms with Crippen molar-refractivity contribution in [3.63, 3.8) is 0 Å². The van der Waals surface area contributed by atoms with E-state index in [1.54, 1.807) is 7.11 Å². The Morgan fingerprint density at radius 2 is 1.90 bits per heavy atom. The largest absolute Gasteiger partial charge is 0.418 e. The van der Waals surface area contributed by atoms with E-state index in [0.29, 0.717) is 18.5 Å². The monoisotopic (exact) mass is 408 g/mol. The fourth-order valence-corrected chi connectivity index (χ4v) is 3.20. The molecule has 1 fully saturated rings. The molecule has 156 valence electrons. The molecule has 29 heavy (non-hydrogen) atoms. The number of halogens is 3. The van der Waals surface area contributed by atoms with Gasteiger partial charge in [-0.15, -0.1) is 0 Å². The van der Waals surface area contributed by atoms with Gasteiger partial charge in [0.1, 0.15) is 0 Å². The molecule has 0 aromatic carbocycles. The molecular weight excluding hydrogens is 385 g/mol. The number of aromatic nitrogens is 2. The molecule has 3 rings (SSSR count). The predicted octanol–water partition coefficient (Wildman–Crippen LogP) is 5.34. The van der Waals surface area contributed by atoms with Gasteiger partial charge >= 0.3 is 12.2 Å². The van der Waals surface area contributed by atoms with Crippen molar-refractivity contribution in [3.05, 3.63) is 46.5 Å². The number of hydrogen-bond donors (Lipinski definition) is 2. The summed E-state index contributed by atoms with van der Waals surface area (Å²) in [6, 6.07) is 0.242. The van der Waals surface area contributed by atoms with E-state index in [1.807, 2.05) is 20.8 Å². The van der Waals surface area contributed by atoms with E-state index in [0.717, 1.165) is 22.9 Å². The second-order valence-corrected chi connectivity index (χ2v) is 7.18. The lowest BCUT2D eigenvalue weighted by Crippen LogP contribution is -2.22. The van der Waals surface area contributed by atoms with Crippen molar-refractivity contribution >= 4 is 17.4 Å². The highest BCUT2D eigenvalue weighted by Gasteiger charge is 2.39. The molecule has 1 saturated carbocycles.